The molecule has 1 aliphatic heterocycles. The third-order valence-corrected chi connectivity index (χ3v) is 5.54. The molecule has 1 unspecified atom stereocenters. The molecule has 0 bridgehead atoms. The van der Waals surface area contributed by atoms with Crippen LogP contribution >= 0.6 is 11.6 Å². The van der Waals surface area contributed by atoms with Gasteiger partial charge in [-0.1, -0.05) is 24.6 Å². The van der Waals surface area contributed by atoms with E-state index in [0.29, 0.717) is 6.54 Å². The first-order chi connectivity index (χ1) is 15.2. The number of hydrogen-bond donors (Lipinski definition) is 2. The van der Waals surface area contributed by atoms with E-state index in [1.165, 1.54) is 18.2 Å². The maximum Gasteiger partial charge on any atom is 0.322 e. The fourth-order valence-corrected chi connectivity index (χ4v) is 3.90. The second kappa shape index (κ2) is 10.2. The number of carbonyl (C=O) groups excluding carboxylic acids is 2. The van der Waals surface area contributed by atoms with Crippen molar-refractivity contribution in [2.24, 2.45) is 0 Å². The predicted octanol–water partition coefficient (Wildman–Crippen LogP) is 6.06. The highest BCUT2D eigenvalue weighted by Gasteiger charge is 2.28. The van der Waals surface area contributed by atoms with Gasteiger partial charge in [-0.15, -0.1) is 0 Å². The summed E-state index contributed by atoms with van der Waals surface area (Å²) in [5, 5.41) is 4.95. The van der Waals surface area contributed by atoms with Gasteiger partial charge in [-0.05, 0) is 51.3 Å². The highest BCUT2D eigenvalue weighted by Crippen LogP contribution is 2.31. The number of rotatable bonds is 6. The van der Waals surface area contributed by atoms with Crippen molar-refractivity contribution in [1.29, 1.82) is 0 Å². The van der Waals surface area contributed by atoms with E-state index >= 15 is 0 Å². The summed E-state index contributed by atoms with van der Waals surface area (Å²) in [7, 11) is 0. The number of urea groups is 1. The Labute approximate surface area is 190 Å². The number of likely N-dealkylation sites (tertiary alicyclic amines) is 1. The molecule has 1 aliphatic rings. The van der Waals surface area contributed by atoms with Crippen molar-refractivity contribution in [3.8, 4) is 5.75 Å². The molecule has 0 aliphatic carbocycles. The van der Waals surface area contributed by atoms with E-state index in [1.54, 1.807) is 18.7 Å². The third kappa shape index (κ3) is 5.30. The van der Waals surface area contributed by atoms with Gasteiger partial charge in [-0.25, -0.2) is 13.6 Å². The number of para-hydroxylation sites is 1. The average molecular weight is 466 g/mol. The van der Waals surface area contributed by atoms with E-state index in [0.717, 1.165) is 31.4 Å². The van der Waals surface area contributed by atoms with Crippen LogP contribution in [0.3, 0.4) is 0 Å². The number of halogens is 3. The van der Waals surface area contributed by atoms with Crippen LogP contribution in [0, 0.1) is 11.6 Å². The summed E-state index contributed by atoms with van der Waals surface area (Å²) in [6.07, 6.45) is 2.28. The fraction of sp³-hybridized carbons (Fsp3) is 0.391. The van der Waals surface area contributed by atoms with Gasteiger partial charge in [-0.2, -0.15) is 0 Å². The smallest absolute Gasteiger partial charge is 0.322 e. The Morgan fingerprint density at radius 2 is 1.97 bits per heavy atom. The number of benzene rings is 2. The van der Waals surface area contributed by atoms with Gasteiger partial charge in [0.25, 0.3) is 5.91 Å². The molecule has 3 amide bonds. The van der Waals surface area contributed by atoms with Crippen molar-refractivity contribution in [3.63, 3.8) is 0 Å². The van der Waals surface area contributed by atoms with Crippen LogP contribution in [-0.2, 0) is 0 Å². The van der Waals surface area contributed by atoms with Gasteiger partial charge in [0.05, 0.1) is 28.1 Å². The van der Waals surface area contributed by atoms with Crippen LogP contribution in [0.25, 0.3) is 0 Å². The summed E-state index contributed by atoms with van der Waals surface area (Å²) >= 11 is 5.97. The molecule has 2 N–H and O–H groups in total. The SMILES string of the molecule is CCC1CCCN1C(=O)Nc1cc(OC(C)C)c(C(=O)Nc2c(F)cccc2Cl)cc1F. The van der Waals surface area contributed by atoms with Crippen molar-refractivity contribution >= 4 is 34.9 Å². The Morgan fingerprint density at radius 3 is 2.62 bits per heavy atom. The van der Waals surface area contributed by atoms with Crippen LogP contribution in [0.5, 0.6) is 5.75 Å². The van der Waals surface area contributed by atoms with Crippen LogP contribution < -0.4 is 15.4 Å². The number of nitrogens with one attached hydrogen (secondary N) is 2. The Kier molecular flexibility index (Phi) is 7.56. The first kappa shape index (κ1) is 23.8. The lowest BCUT2D eigenvalue weighted by Crippen LogP contribution is -2.38. The lowest BCUT2D eigenvalue weighted by atomic mass is 10.1. The minimum atomic E-state index is -0.813. The molecule has 32 heavy (non-hydrogen) atoms. The second-order valence-corrected chi connectivity index (χ2v) is 8.28. The first-order valence-corrected chi connectivity index (χ1v) is 10.9. The number of amides is 3. The Hall–Kier alpha value is -2.87. The van der Waals surface area contributed by atoms with Gasteiger partial charge in [0, 0.05) is 18.7 Å². The van der Waals surface area contributed by atoms with E-state index in [1.807, 2.05) is 6.92 Å². The molecule has 1 heterocycles. The highest BCUT2D eigenvalue weighted by atomic mass is 35.5. The van der Waals surface area contributed by atoms with Gasteiger partial charge < -0.3 is 20.3 Å². The summed E-state index contributed by atoms with van der Waals surface area (Å²) in [5.74, 6) is -2.28. The van der Waals surface area contributed by atoms with Gasteiger partial charge in [-0.3, -0.25) is 4.79 Å². The maximum absolute atomic E-state index is 14.9. The van der Waals surface area contributed by atoms with Crippen LogP contribution in [-0.4, -0.2) is 35.5 Å². The van der Waals surface area contributed by atoms with Crippen LogP contribution in [0.2, 0.25) is 5.02 Å². The third-order valence-electron chi connectivity index (χ3n) is 5.23. The van der Waals surface area contributed by atoms with E-state index in [4.69, 9.17) is 16.3 Å². The van der Waals surface area contributed by atoms with Crippen LogP contribution in [0.4, 0.5) is 25.0 Å². The topological polar surface area (TPSA) is 70.7 Å². The lowest BCUT2D eigenvalue weighted by molar-refractivity contribution is 0.102. The van der Waals surface area contributed by atoms with Gasteiger partial charge in [0.1, 0.15) is 17.4 Å². The summed E-state index contributed by atoms with van der Waals surface area (Å²) in [4.78, 5) is 27.2. The van der Waals surface area contributed by atoms with Crippen molar-refractivity contribution in [2.45, 2.75) is 52.2 Å². The largest absolute Gasteiger partial charge is 0.490 e. The molecule has 0 radical (unpaired) electrons. The summed E-state index contributed by atoms with van der Waals surface area (Å²) in [5.41, 5.74) is -0.471. The van der Waals surface area contributed by atoms with E-state index in [-0.39, 0.29) is 39.9 Å². The quantitative estimate of drug-likeness (QED) is 0.544. The molecular formula is C23H26ClF2N3O3. The fourth-order valence-electron chi connectivity index (χ4n) is 3.69. The Balaban J connectivity index is 1.89. The van der Waals surface area contributed by atoms with Gasteiger partial charge in [0.2, 0.25) is 0 Å². The lowest BCUT2D eigenvalue weighted by Gasteiger charge is -2.24. The number of hydrogen-bond acceptors (Lipinski definition) is 3. The van der Waals surface area contributed by atoms with Gasteiger partial charge >= 0.3 is 6.03 Å². The van der Waals surface area contributed by atoms with E-state index in [2.05, 4.69) is 10.6 Å². The molecule has 0 saturated carbocycles. The van der Waals surface area contributed by atoms with Gasteiger partial charge in [0.15, 0.2) is 0 Å². The average Bonchev–Trinajstić information content (AvgIpc) is 3.21. The summed E-state index contributed by atoms with van der Waals surface area (Å²) in [6, 6.07) is 5.91. The standard InChI is InChI=1S/C23H26ClF2N3O3/c1-4-14-7-6-10-29(14)23(31)27-19-12-20(32-13(2)3)15(11-18(19)26)22(30)28-21-16(24)8-5-9-17(21)25/h5,8-9,11-14H,4,6-7,10H2,1-3H3,(H,27,31)(H,28,30). The Morgan fingerprint density at radius 1 is 1.22 bits per heavy atom. The predicted molar refractivity (Wildman–Crippen MR) is 121 cm³/mol. The number of carbonyl (C=O) groups is 2. The van der Waals surface area contributed by atoms with Crippen LogP contribution in [0.1, 0.15) is 50.4 Å². The summed E-state index contributed by atoms with van der Waals surface area (Å²) in [6.45, 7) is 6.09. The normalized spacial score (nSPS) is 15.7. The molecule has 6 nitrogen and oxygen atoms in total. The minimum absolute atomic E-state index is 0.00475. The Bertz CT molecular complexity index is 996. The molecule has 2 aromatic rings. The number of ether oxygens (including phenoxy) is 1. The maximum atomic E-state index is 14.9. The molecular weight excluding hydrogens is 440 g/mol. The molecule has 2 aromatic carbocycles. The van der Waals surface area contributed by atoms with Crippen molar-refractivity contribution in [3.05, 3.63) is 52.6 Å². The molecule has 172 valence electrons. The number of nitrogens with zero attached hydrogens (tertiary/aromatic N) is 1. The zero-order valence-corrected chi connectivity index (χ0v) is 18.9. The van der Waals surface area contributed by atoms with E-state index < -0.39 is 23.6 Å². The second-order valence-electron chi connectivity index (χ2n) is 7.87. The molecule has 9 heteroatoms. The zero-order chi connectivity index (χ0) is 23.4. The first-order valence-electron chi connectivity index (χ1n) is 10.5. The van der Waals surface area contributed by atoms with Crippen molar-refractivity contribution in [2.75, 3.05) is 17.2 Å². The monoisotopic (exact) mass is 465 g/mol. The molecule has 1 saturated heterocycles. The number of anilines is 2. The summed E-state index contributed by atoms with van der Waals surface area (Å²) < 4.78 is 34.6. The highest BCUT2D eigenvalue weighted by molar-refractivity contribution is 6.34. The molecule has 0 aromatic heterocycles. The van der Waals surface area contributed by atoms with E-state index in [9.17, 15) is 18.4 Å². The molecule has 0 spiro atoms. The van der Waals surface area contributed by atoms with Crippen molar-refractivity contribution < 1.29 is 23.1 Å². The van der Waals surface area contributed by atoms with Crippen molar-refractivity contribution in [1.82, 2.24) is 4.90 Å². The molecule has 3 rings (SSSR count). The molecule has 1 fully saturated rings. The zero-order valence-electron chi connectivity index (χ0n) is 18.2. The minimum Gasteiger partial charge on any atom is -0.490 e. The molecule has 1 atom stereocenters. The van der Waals surface area contributed by atoms with Crippen LogP contribution in [0.15, 0.2) is 30.3 Å².